The Bertz CT molecular complexity index is 875. The summed E-state index contributed by atoms with van der Waals surface area (Å²) in [4.78, 5) is 4.78. The predicted molar refractivity (Wildman–Crippen MR) is 96.3 cm³/mol. The number of nitrogens with zero attached hydrogens (tertiary/aromatic N) is 1. The van der Waals surface area contributed by atoms with Crippen LogP contribution in [0, 0.1) is 5.92 Å². The Labute approximate surface area is 137 Å². The van der Waals surface area contributed by atoms with Crippen molar-refractivity contribution in [3.05, 3.63) is 102 Å². The van der Waals surface area contributed by atoms with Crippen molar-refractivity contribution in [3.8, 4) is 0 Å². The van der Waals surface area contributed by atoms with Gasteiger partial charge in [-0.05, 0) is 36.1 Å². The van der Waals surface area contributed by atoms with Crippen molar-refractivity contribution in [2.24, 2.45) is 5.92 Å². The first-order valence-electron chi connectivity index (χ1n) is 8.14. The fraction of sp³-hybridized carbons (Fsp3) is 0.136. The van der Waals surface area contributed by atoms with Gasteiger partial charge in [-0.3, -0.25) is 4.98 Å². The SMILES string of the molecule is C1=CC(Cc2ccc3ccccc3n2)C=C1Cc1ccccc1. The highest BCUT2D eigenvalue weighted by molar-refractivity contribution is 5.78. The minimum atomic E-state index is 0.461. The van der Waals surface area contributed by atoms with Crippen LogP contribution in [0.25, 0.3) is 10.9 Å². The molecule has 1 aromatic heterocycles. The molecule has 1 aliphatic rings. The van der Waals surface area contributed by atoms with Gasteiger partial charge in [-0.25, -0.2) is 0 Å². The first kappa shape index (κ1) is 14.0. The number of fused-ring (bicyclic) bond motifs is 1. The highest BCUT2D eigenvalue weighted by Crippen LogP contribution is 2.23. The van der Waals surface area contributed by atoms with Gasteiger partial charge in [-0.15, -0.1) is 0 Å². The van der Waals surface area contributed by atoms with Gasteiger partial charge in [0.2, 0.25) is 0 Å². The number of benzene rings is 2. The van der Waals surface area contributed by atoms with Crippen LogP contribution in [0.3, 0.4) is 0 Å². The molecule has 1 heterocycles. The van der Waals surface area contributed by atoms with Gasteiger partial charge in [-0.2, -0.15) is 0 Å². The number of hydrogen-bond acceptors (Lipinski definition) is 1. The van der Waals surface area contributed by atoms with E-state index in [2.05, 4.69) is 78.9 Å². The lowest BCUT2D eigenvalue weighted by Gasteiger charge is -2.06. The normalized spacial score (nSPS) is 16.7. The Balaban J connectivity index is 1.48. The summed E-state index contributed by atoms with van der Waals surface area (Å²) in [5, 5.41) is 1.21. The lowest BCUT2D eigenvalue weighted by molar-refractivity contribution is 0.791. The molecule has 0 amide bonds. The largest absolute Gasteiger partial charge is 0.253 e. The Morgan fingerprint density at radius 3 is 2.57 bits per heavy atom. The third kappa shape index (κ3) is 3.24. The van der Waals surface area contributed by atoms with Gasteiger partial charge in [0.25, 0.3) is 0 Å². The van der Waals surface area contributed by atoms with Crippen LogP contribution in [0.2, 0.25) is 0 Å². The number of hydrogen-bond donors (Lipinski definition) is 0. The number of pyridine rings is 1. The smallest absolute Gasteiger partial charge is 0.0705 e. The summed E-state index contributed by atoms with van der Waals surface area (Å²) >= 11 is 0. The van der Waals surface area contributed by atoms with Crippen LogP contribution in [0.1, 0.15) is 11.3 Å². The summed E-state index contributed by atoms with van der Waals surface area (Å²) in [5.74, 6) is 0.461. The van der Waals surface area contributed by atoms with Gasteiger partial charge < -0.3 is 0 Å². The zero-order valence-electron chi connectivity index (χ0n) is 13.0. The van der Waals surface area contributed by atoms with Crippen LogP contribution in [0.15, 0.2) is 90.5 Å². The maximum Gasteiger partial charge on any atom is 0.0705 e. The van der Waals surface area contributed by atoms with E-state index in [0.717, 1.165) is 24.1 Å². The fourth-order valence-electron chi connectivity index (χ4n) is 3.17. The molecule has 4 rings (SSSR count). The molecule has 1 nitrogen and oxygen atoms in total. The van der Waals surface area contributed by atoms with Crippen LogP contribution < -0.4 is 0 Å². The molecule has 0 spiro atoms. The lowest BCUT2D eigenvalue weighted by atomic mass is 10.0. The molecule has 1 aliphatic carbocycles. The summed E-state index contributed by atoms with van der Waals surface area (Å²) in [6, 6.07) is 23.3. The topological polar surface area (TPSA) is 12.9 Å². The van der Waals surface area contributed by atoms with Crippen molar-refractivity contribution in [1.29, 1.82) is 0 Å². The lowest BCUT2D eigenvalue weighted by Crippen LogP contribution is -1.99. The first-order valence-corrected chi connectivity index (χ1v) is 8.14. The van der Waals surface area contributed by atoms with Gasteiger partial charge in [0.05, 0.1) is 5.52 Å². The van der Waals surface area contributed by atoms with Gasteiger partial charge in [0.1, 0.15) is 0 Å². The highest BCUT2D eigenvalue weighted by atomic mass is 14.7. The molecular formula is C22H19N. The highest BCUT2D eigenvalue weighted by Gasteiger charge is 2.11. The molecule has 0 fully saturated rings. The van der Waals surface area contributed by atoms with Crippen LogP contribution >= 0.6 is 0 Å². The predicted octanol–water partition coefficient (Wildman–Crippen LogP) is 5.13. The molecule has 2 aromatic carbocycles. The number of para-hydroxylation sites is 1. The van der Waals surface area contributed by atoms with E-state index in [4.69, 9.17) is 4.98 Å². The van der Waals surface area contributed by atoms with E-state index < -0.39 is 0 Å². The van der Waals surface area contributed by atoms with Crippen molar-refractivity contribution < 1.29 is 0 Å². The summed E-state index contributed by atoms with van der Waals surface area (Å²) in [6.07, 6.45) is 8.93. The molecule has 0 saturated carbocycles. The minimum Gasteiger partial charge on any atom is -0.253 e. The monoisotopic (exact) mass is 297 g/mol. The number of allylic oxidation sites excluding steroid dienone is 4. The Hall–Kier alpha value is -2.67. The van der Waals surface area contributed by atoms with E-state index >= 15 is 0 Å². The van der Waals surface area contributed by atoms with Gasteiger partial charge in [-0.1, -0.05) is 72.8 Å². The molecule has 1 atom stereocenters. The van der Waals surface area contributed by atoms with Crippen LogP contribution in [0.5, 0.6) is 0 Å². The van der Waals surface area contributed by atoms with Gasteiger partial charge >= 0.3 is 0 Å². The summed E-state index contributed by atoms with van der Waals surface area (Å²) < 4.78 is 0. The van der Waals surface area contributed by atoms with Crippen LogP contribution in [-0.2, 0) is 12.8 Å². The molecule has 3 aromatic rings. The van der Waals surface area contributed by atoms with Crippen LogP contribution in [-0.4, -0.2) is 4.98 Å². The maximum atomic E-state index is 4.78. The summed E-state index contributed by atoms with van der Waals surface area (Å²) in [5.41, 5.74) is 5.02. The molecule has 23 heavy (non-hydrogen) atoms. The van der Waals surface area contributed by atoms with Crippen molar-refractivity contribution in [2.45, 2.75) is 12.8 Å². The molecular weight excluding hydrogens is 278 g/mol. The van der Waals surface area contributed by atoms with Crippen molar-refractivity contribution in [3.63, 3.8) is 0 Å². The standard InChI is InChI=1S/C22H19N/c1-2-6-17(7-3-1)14-18-10-11-19(15-18)16-21-13-12-20-8-4-5-9-22(20)23-21/h1-13,15,19H,14,16H2. The average molecular weight is 297 g/mol. The average Bonchev–Trinajstić information content (AvgIpc) is 3.02. The van der Waals surface area contributed by atoms with Crippen molar-refractivity contribution in [1.82, 2.24) is 4.98 Å². The molecule has 0 N–H and O–H groups in total. The Kier molecular flexibility index (Phi) is 3.77. The quantitative estimate of drug-likeness (QED) is 0.650. The minimum absolute atomic E-state index is 0.461. The van der Waals surface area contributed by atoms with E-state index in [-0.39, 0.29) is 0 Å². The third-order valence-corrected chi connectivity index (χ3v) is 4.34. The molecule has 112 valence electrons. The molecule has 0 saturated heterocycles. The van der Waals surface area contributed by atoms with Gasteiger partial charge in [0.15, 0.2) is 0 Å². The Morgan fingerprint density at radius 1 is 0.826 bits per heavy atom. The van der Waals surface area contributed by atoms with E-state index in [1.165, 1.54) is 16.5 Å². The van der Waals surface area contributed by atoms with Crippen LogP contribution in [0.4, 0.5) is 0 Å². The molecule has 0 aliphatic heterocycles. The molecule has 1 heteroatoms. The number of rotatable bonds is 4. The van der Waals surface area contributed by atoms with Crippen molar-refractivity contribution >= 4 is 10.9 Å². The van der Waals surface area contributed by atoms with E-state index in [1.54, 1.807) is 0 Å². The second kappa shape index (κ2) is 6.21. The zero-order valence-corrected chi connectivity index (χ0v) is 13.0. The maximum absolute atomic E-state index is 4.78. The van der Waals surface area contributed by atoms with E-state index in [0.29, 0.717) is 5.92 Å². The summed E-state index contributed by atoms with van der Waals surface area (Å²) in [6.45, 7) is 0. The van der Waals surface area contributed by atoms with Crippen molar-refractivity contribution in [2.75, 3.05) is 0 Å². The third-order valence-electron chi connectivity index (χ3n) is 4.34. The molecule has 1 unspecified atom stereocenters. The second-order valence-electron chi connectivity index (χ2n) is 6.13. The van der Waals surface area contributed by atoms with E-state index in [1.807, 2.05) is 6.07 Å². The molecule has 0 bridgehead atoms. The van der Waals surface area contributed by atoms with E-state index in [9.17, 15) is 0 Å². The zero-order chi connectivity index (χ0) is 15.5. The number of aromatic nitrogens is 1. The van der Waals surface area contributed by atoms with Gasteiger partial charge in [0, 0.05) is 17.0 Å². The summed E-state index contributed by atoms with van der Waals surface area (Å²) in [7, 11) is 0. The molecule has 0 radical (unpaired) electrons. The fourth-order valence-corrected chi connectivity index (χ4v) is 3.17. The Morgan fingerprint density at radius 2 is 1.65 bits per heavy atom. The first-order chi connectivity index (χ1) is 11.4. The second-order valence-corrected chi connectivity index (χ2v) is 6.13.